The Labute approximate surface area is 209 Å². The van der Waals surface area contributed by atoms with Gasteiger partial charge in [0.05, 0.1) is 30.9 Å². The van der Waals surface area contributed by atoms with Gasteiger partial charge in [0.25, 0.3) is 0 Å². The zero-order chi connectivity index (χ0) is 25.3. The van der Waals surface area contributed by atoms with Gasteiger partial charge >= 0.3 is 0 Å². The van der Waals surface area contributed by atoms with Gasteiger partial charge < -0.3 is 16.0 Å². The van der Waals surface area contributed by atoms with Gasteiger partial charge in [0.2, 0.25) is 11.9 Å². The number of amidine groups is 1. The monoisotopic (exact) mass is 506 g/mol. The van der Waals surface area contributed by atoms with E-state index in [2.05, 4.69) is 20.3 Å². The fourth-order valence-electron chi connectivity index (χ4n) is 4.52. The first kappa shape index (κ1) is 23.6. The van der Waals surface area contributed by atoms with E-state index in [9.17, 15) is 9.18 Å². The molecule has 1 aromatic carbocycles. The van der Waals surface area contributed by atoms with Crippen LogP contribution in [0.25, 0.3) is 0 Å². The second-order valence-electron chi connectivity index (χ2n) is 8.53. The number of hydrogen-bond donors (Lipinski definition) is 2. The van der Waals surface area contributed by atoms with Crippen LogP contribution < -0.4 is 16.0 Å². The van der Waals surface area contributed by atoms with E-state index in [4.69, 9.17) is 16.0 Å². The highest BCUT2D eigenvalue weighted by Crippen LogP contribution is 2.47. The Bertz CT molecular complexity index is 1380. The Morgan fingerprint density at radius 2 is 2.03 bits per heavy atom. The van der Waals surface area contributed by atoms with Gasteiger partial charge in [0.1, 0.15) is 17.4 Å². The topological polar surface area (TPSA) is 133 Å². The summed E-state index contributed by atoms with van der Waals surface area (Å²) in [5.74, 6) is -0.553. The molecule has 36 heavy (non-hydrogen) atoms. The minimum absolute atomic E-state index is 0.0103. The minimum Gasteiger partial charge on any atom is -0.379 e. The number of pyridine rings is 1. The molecule has 0 saturated carbocycles. The summed E-state index contributed by atoms with van der Waals surface area (Å²) in [6.45, 7) is 0.726. The summed E-state index contributed by atoms with van der Waals surface area (Å²) in [4.78, 5) is 31.4. The summed E-state index contributed by atoms with van der Waals surface area (Å²) in [6.07, 6.45) is 3.56. The maximum atomic E-state index is 15.3. The zero-order valence-electron chi connectivity index (χ0n) is 18.9. The summed E-state index contributed by atoms with van der Waals surface area (Å²) in [7, 11) is 0. The molecular weight excluding hydrogens is 486 g/mol. The molecule has 2 aromatic heterocycles. The first-order chi connectivity index (χ1) is 17.4. The van der Waals surface area contributed by atoms with Crippen LogP contribution in [0, 0.1) is 28.9 Å². The molecule has 0 unspecified atom stereocenters. The van der Waals surface area contributed by atoms with Crippen molar-refractivity contribution in [3.63, 3.8) is 0 Å². The van der Waals surface area contributed by atoms with Gasteiger partial charge in [-0.15, -0.1) is 0 Å². The van der Waals surface area contributed by atoms with Crippen LogP contribution in [0.1, 0.15) is 16.8 Å². The van der Waals surface area contributed by atoms with E-state index in [0.717, 1.165) is 12.4 Å². The third-order valence-corrected chi connectivity index (χ3v) is 7.15. The molecule has 0 aliphatic carbocycles. The number of aliphatic imine (C=N–C) groups is 1. The molecule has 2 aliphatic rings. The van der Waals surface area contributed by atoms with Crippen LogP contribution in [0.15, 0.2) is 53.9 Å². The van der Waals surface area contributed by atoms with Crippen molar-refractivity contribution in [2.24, 2.45) is 16.6 Å². The number of amides is 1. The van der Waals surface area contributed by atoms with Crippen molar-refractivity contribution in [3.8, 4) is 6.07 Å². The van der Waals surface area contributed by atoms with Crippen molar-refractivity contribution >= 4 is 34.5 Å². The molecule has 1 saturated heterocycles. The molecule has 1 fully saturated rings. The molecule has 12 heteroatoms. The zero-order valence-corrected chi connectivity index (χ0v) is 19.7. The number of nitrogens with zero attached hydrogens (tertiary/aromatic N) is 6. The molecular formula is C24H20F2N8OS. The highest BCUT2D eigenvalue weighted by Gasteiger charge is 2.52. The Hall–Kier alpha value is -4.11. The molecule has 4 heterocycles. The SMILES string of the molecule is N#Cc1ccc(CC(=O)Nc2ccc(F)c([C@]34CN(c5ncc(F)cn5)C[C@H]3CSC(N)=N4)c2)nc1. The lowest BCUT2D eigenvalue weighted by Crippen LogP contribution is -2.40. The second-order valence-corrected chi connectivity index (χ2v) is 9.57. The maximum absolute atomic E-state index is 15.3. The summed E-state index contributed by atoms with van der Waals surface area (Å²) in [5, 5.41) is 12.0. The number of hydrogen-bond acceptors (Lipinski definition) is 9. The highest BCUT2D eigenvalue weighted by atomic mass is 32.2. The molecule has 1 amide bonds. The molecule has 3 aromatic rings. The van der Waals surface area contributed by atoms with Crippen LogP contribution in [0.2, 0.25) is 0 Å². The molecule has 182 valence electrons. The van der Waals surface area contributed by atoms with Gasteiger partial charge in [-0.1, -0.05) is 11.8 Å². The van der Waals surface area contributed by atoms with Crippen LogP contribution >= 0.6 is 11.8 Å². The van der Waals surface area contributed by atoms with Gasteiger partial charge in [-0.3, -0.25) is 9.78 Å². The number of carbonyl (C=O) groups is 1. The summed E-state index contributed by atoms with van der Waals surface area (Å²) >= 11 is 1.39. The van der Waals surface area contributed by atoms with E-state index in [-0.39, 0.29) is 24.8 Å². The van der Waals surface area contributed by atoms with Crippen LogP contribution in [0.4, 0.5) is 20.4 Å². The number of anilines is 2. The average Bonchev–Trinajstić information content (AvgIpc) is 3.25. The van der Waals surface area contributed by atoms with E-state index in [1.54, 1.807) is 18.2 Å². The van der Waals surface area contributed by atoms with Crippen LogP contribution in [0.3, 0.4) is 0 Å². The summed E-state index contributed by atoms with van der Waals surface area (Å²) in [5.41, 5.74) is 6.67. The normalized spacial score (nSPS) is 20.9. The van der Waals surface area contributed by atoms with Crippen molar-refractivity contribution in [3.05, 3.63) is 77.4 Å². The summed E-state index contributed by atoms with van der Waals surface area (Å²) < 4.78 is 28.6. The Morgan fingerprint density at radius 1 is 1.22 bits per heavy atom. The lowest BCUT2D eigenvalue weighted by atomic mass is 9.81. The van der Waals surface area contributed by atoms with Gasteiger partial charge in [-0.25, -0.2) is 23.7 Å². The second kappa shape index (κ2) is 9.50. The minimum atomic E-state index is -1.02. The summed E-state index contributed by atoms with van der Waals surface area (Å²) in [6, 6.07) is 9.53. The number of thioether (sulfide) groups is 1. The fourth-order valence-corrected chi connectivity index (χ4v) is 5.50. The van der Waals surface area contributed by atoms with E-state index in [1.807, 2.05) is 11.0 Å². The lowest BCUT2D eigenvalue weighted by Gasteiger charge is -2.35. The van der Waals surface area contributed by atoms with E-state index >= 15 is 4.39 Å². The first-order valence-corrected chi connectivity index (χ1v) is 12.0. The first-order valence-electron chi connectivity index (χ1n) is 11.0. The fraction of sp³-hybridized carbons (Fsp3) is 0.250. The van der Waals surface area contributed by atoms with Crippen molar-refractivity contribution in [2.45, 2.75) is 12.0 Å². The third kappa shape index (κ3) is 4.57. The van der Waals surface area contributed by atoms with Crippen molar-refractivity contribution in [1.82, 2.24) is 15.0 Å². The molecule has 5 rings (SSSR count). The van der Waals surface area contributed by atoms with Crippen LogP contribution in [-0.2, 0) is 16.8 Å². The predicted molar refractivity (Wildman–Crippen MR) is 131 cm³/mol. The van der Waals surface area contributed by atoms with E-state index < -0.39 is 17.2 Å². The van der Waals surface area contributed by atoms with E-state index in [1.165, 1.54) is 30.1 Å². The van der Waals surface area contributed by atoms with Gasteiger partial charge in [-0.2, -0.15) is 5.26 Å². The third-order valence-electron chi connectivity index (χ3n) is 6.19. The van der Waals surface area contributed by atoms with Crippen LogP contribution in [-0.4, -0.2) is 44.9 Å². The molecule has 2 atom stereocenters. The Balaban J connectivity index is 1.42. The molecule has 0 bridgehead atoms. The number of nitrogens with one attached hydrogen (secondary N) is 1. The average molecular weight is 507 g/mol. The Kier molecular flexibility index (Phi) is 6.24. The molecule has 3 N–H and O–H groups in total. The molecule has 2 aliphatic heterocycles. The largest absolute Gasteiger partial charge is 0.379 e. The number of nitriles is 1. The van der Waals surface area contributed by atoms with Crippen molar-refractivity contribution in [2.75, 3.05) is 29.1 Å². The maximum Gasteiger partial charge on any atom is 0.230 e. The number of rotatable bonds is 5. The Morgan fingerprint density at radius 3 is 2.75 bits per heavy atom. The van der Waals surface area contributed by atoms with Crippen LogP contribution in [0.5, 0.6) is 0 Å². The number of nitrogens with two attached hydrogens (primary N) is 1. The number of benzene rings is 1. The number of fused-ring (bicyclic) bond motifs is 1. The number of aromatic nitrogens is 3. The van der Waals surface area contributed by atoms with Gasteiger partial charge in [0.15, 0.2) is 11.0 Å². The quantitative estimate of drug-likeness (QED) is 0.540. The van der Waals surface area contributed by atoms with Crippen molar-refractivity contribution in [1.29, 1.82) is 5.26 Å². The lowest BCUT2D eigenvalue weighted by molar-refractivity contribution is -0.115. The van der Waals surface area contributed by atoms with Gasteiger partial charge in [-0.05, 0) is 30.3 Å². The van der Waals surface area contributed by atoms with E-state index in [0.29, 0.717) is 45.9 Å². The van der Waals surface area contributed by atoms with Crippen molar-refractivity contribution < 1.29 is 13.6 Å². The molecule has 0 radical (unpaired) electrons. The molecule has 9 nitrogen and oxygen atoms in total. The predicted octanol–water partition coefficient (Wildman–Crippen LogP) is 2.60. The number of carbonyl (C=O) groups excluding carboxylic acids is 1. The standard InChI is InChI=1S/C24H20F2N8OS/c25-16-9-30-23(31-10-16)34-11-15-12-36-22(28)33-24(15,13-34)19-5-18(3-4-20(19)26)32-21(35)6-17-2-1-14(7-27)8-29-17/h1-5,8-10,15H,6,11-13H2,(H2,28,33)(H,32,35)/t15-,24-/m0/s1. The molecule has 0 spiro atoms. The highest BCUT2D eigenvalue weighted by molar-refractivity contribution is 8.13. The smallest absolute Gasteiger partial charge is 0.230 e. The number of halogens is 2. The van der Waals surface area contributed by atoms with Gasteiger partial charge in [0, 0.05) is 41.4 Å².